The summed E-state index contributed by atoms with van der Waals surface area (Å²) in [6, 6.07) is 12.8. The van der Waals surface area contributed by atoms with E-state index in [0.29, 0.717) is 53.4 Å². The maximum atomic E-state index is 12.8. The van der Waals surface area contributed by atoms with E-state index in [4.69, 9.17) is 14.0 Å². The number of carbonyl (C=O) groups is 1. The van der Waals surface area contributed by atoms with Crippen molar-refractivity contribution < 1.29 is 18.8 Å². The first-order chi connectivity index (χ1) is 13.2. The van der Waals surface area contributed by atoms with Crippen molar-refractivity contribution in [1.29, 1.82) is 0 Å². The number of nitrogens with one attached hydrogen (secondary N) is 1. The summed E-state index contributed by atoms with van der Waals surface area (Å²) >= 11 is 1.48. The van der Waals surface area contributed by atoms with E-state index in [1.54, 1.807) is 31.2 Å². The molecule has 8 heteroatoms. The van der Waals surface area contributed by atoms with Crippen molar-refractivity contribution in [3.8, 4) is 11.5 Å². The fourth-order valence-electron chi connectivity index (χ4n) is 2.64. The van der Waals surface area contributed by atoms with Crippen LogP contribution < -0.4 is 14.8 Å². The lowest BCUT2D eigenvalue weighted by Gasteiger charge is -2.19. The van der Waals surface area contributed by atoms with Crippen LogP contribution in [0.1, 0.15) is 22.1 Å². The molecule has 0 radical (unpaired) electrons. The van der Waals surface area contributed by atoms with Crippen molar-refractivity contribution in [2.24, 2.45) is 0 Å². The molecule has 1 aliphatic rings. The number of amides is 1. The van der Waals surface area contributed by atoms with Gasteiger partial charge in [0, 0.05) is 23.6 Å². The van der Waals surface area contributed by atoms with E-state index in [1.807, 2.05) is 18.2 Å². The second-order valence-electron chi connectivity index (χ2n) is 5.83. The van der Waals surface area contributed by atoms with E-state index in [2.05, 4.69) is 15.5 Å². The van der Waals surface area contributed by atoms with Crippen LogP contribution in [-0.4, -0.2) is 29.3 Å². The molecule has 0 saturated carbocycles. The molecule has 3 aromatic rings. The predicted octanol–water partition coefficient (Wildman–Crippen LogP) is 3.69. The summed E-state index contributed by atoms with van der Waals surface area (Å²) < 4.78 is 16.0. The summed E-state index contributed by atoms with van der Waals surface area (Å²) in [6.45, 7) is 2.78. The van der Waals surface area contributed by atoms with Gasteiger partial charge in [0.2, 0.25) is 5.89 Å². The maximum Gasteiger partial charge on any atom is 0.256 e. The minimum atomic E-state index is -0.195. The van der Waals surface area contributed by atoms with Gasteiger partial charge in [-0.3, -0.25) is 4.79 Å². The molecule has 0 unspecified atom stereocenters. The van der Waals surface area contributed by atoms with E-state index in [-0.39, 0.29) is 5.91 Å². The molecular formula is C19H17N3O4S. The minimum Gasteiger partial charge on any atom is -0.486 e. The molecule has 0 saturated heterocycles. The van der Waals surface area contributed by atoms with Crippen LogP contribution in [0.4, 0.5) is 5.69 Å². The third kappa shape index (κ3) is 4.06. The molecule has 1 amide bonds. The van der Waals surface area contributed by atoms with Crippen molar-refractivity contribution >= 4 is 23.4 Å². The summed E-state index contributed by atoms with van der Waals surface area (Å²) in [4.78, 5) is 17.8. The van der Waals surface area contributed by atoms with Crippen LogP contribution in [0.15, 0.2) is 51.9 Å². The molecular weight excluding hydrogens is 366 g/mol. The third-order valence-electron chi connectivity index (χ3n) is 3.86. The van der Waals surface area contributed by atoms with E-state index in [0.717, 1.165) is 4.90 Å². The quantitative estimate of drug-likeness (QED) is 0.672. The van der Waals surface area contributed by atoms with Gasteiger partial charge in [-0.2, -0.15) is 4.98 Å². The number of hydrogen-bond donors (Lipinski definition) is 1. The van der Waals surface area contributed by atoms with Crippen molar-refractivity contribution in [3.63, 3.8) is 0 Å². The van der Waals surface area contributed by atoms with E-state index in [1.165, 1.54) is 11.8 Å². The molecule has 0 bridgehead atoms. The first kappa shape index (κ1) is 17.4. The lowest BCUT2D eigenvalue weighted by Crippen LogP contribution is -2.16. The maximum absolute atomic E-state index is 12.8. The Hall–Kier alpha value is -3.00. The first-order valence-electron chi connectivity index (χ1n) is 8.41. The van der Waals surface area contributed by atoms with Crippen molar-refractivity contribution in [1.82, 2.24) is 10.1 Å². The standard InChI is InChI=1S/C19H17N3O4S/c1-12-20-18(22-26-12)11-27-17-5-3-2-4-14(17)19(23)21-13-6-7-15-16(10-13)25-9-8-24-15/h2-7,10H,8-9,11H2,1H3,(H,21,23). The molecule has 4 rings (SSSR count). The molecule has 0 atom stereocenters. The average molecular weight is 383 g/mol. The Morgan fingerprint density at radius 1 is 1.15 bits per heavy atom. The van der Waals surface area contributed by atoms with Crippen molar-refractivity contribution in [2.45, 2.75) is 17.6 Å². The highest BCUT2D eigenvalue weighted by molar-refractivity contribution is 7.98. The Kier molecular flexibility index (Phi) is 4.97. The molecule has 7 nitrogen and oxygen atoms in total. The molecule has 0 aliphatic carbocycles. The number of aromatic nitrogens is 2. The topological polar surface area (TPSA) is 86.5 Å². The Morgan fingerprint density at radius 2 is 1.96 bits per heavy atom. The number of benzene rings is 2. The van der Waals surface area contributed by atoms with Crippen LogP contribution in [0.3, 0.4) is 0 Å². The second kappa shape index (κ2) is 7.71. The van der Waals surface area contributed by atoms with Crippen LogP contribution in [0, 0.1) is 6.92 Å². The Balaban J connectivity index is 1.48. The zero-order chi connectivity index (χ0) is 18.6. The molecule has 0 spiro atoms. The van der Waals surface area contributed by atoms with Gasteiger partial charge in [-0.1, -0.05) is 17.3 Å². The summed E-state index contributed by atoms with van der Waals surface area (Å²) in [5, 5.41) is 6.79. The van der Waals surface area contributed by atoms with Crippen LogP contribution in [0.2, 0.25) is 0 Å². The highest BCUT2D eigenvalue weighted by Crippen LogP contribution is 2.33. The van der Waals surface area contributed by atoms with E-state index in [9.17, 15) is 4.79 Å². The first-order valence-corrected chi connectivity index (χ1v) is 9.39. The highest BCUT2D eigenvalue weighted by Gasteiger charge is 2.16. The lowest BCUT2D eigenvalue weighted by atomic mass is 10.2. The van der Waals surface area contributed by atoms with Gasteiger partial charge in [0.1, 0.15) is 13.2 Å². The fraction of sp³-hybridized carbons (Fsp3) is 0.211. The minimum absolute atomic E-state index is 0.195. The number of ether oxygens (including phenoxy) is 2. The normalized spacial score (nSPS) is 12.6. The fourth-order valence-corrected chi connectivity index (χ4v) is 3.53. The number of aryl methyl sites for hydroxylation is 1. The molecule has 2 aromatic carbocycles. The molecule has 1 aromatic heterocycles. The zero-order valence-electron chi connectivity index (χ0n) is 14.6. The summed E-state index contributed by atoms with van der Waals surface area (Å²) in [6.07, 6.45) is 0. The molecule has 2 heterocycles. The van der Waals surface area contributed by atoms with Gasteiger partial charge in [0.25, 0.3) is 5.91 Å². The van der Waals surface area contributed by atoms with Gasteiger partial charge in [0.15, 0.2) is 17.3 Å². The van der Waals surface area contributed by atoms with Gasteiger partial charge in [-0.15, -0.1) is 11.8 Å². The highest BCUT2D eigenvalue weighted by atomic mass is 32.2. The average Bonchev–Trinajstić information content (AvgIpc) is 3.11. The van der Waals surface area contributed by atoms with Gasteiger partial charge >= 0.3 is 0 Å². The van der Waals surface area contributed by atoms with Crippen LogP contribution >= 0.6 is 11.8 Å². The molecule has 0 fully saturated rings. The third-order valence-corrected chi connectivity index (χ3v) is 4.93. The van der Waals surface area contributed by atoms with Crippen molar-refractivity contribution in [3.05, 3.63) is 59.7 Å². The van der Waals surface area contributed by atoms with Gasteiger partial charge in [-0.25, -0.2) is 0 Å². The Morgan fingerprint density at radius 3 is 2.78 bits per heavy atom. The number of nitrogens with zero attached hydrogens (tertiary/aromatic N) is 2. The largest absolute Gasteiger partial charge is 0.486 e. The summed E-state index contributed by atoms with van der Waals surface area (Å²) in [7, 11) is 0. The molecule has 138 valence electrons. The van der Waals surface area contributed by atoms with Gasteiger partial charge in [0.05, 0.1) is 11.3 Å². The number of thioether (sulfide) groups is 1. The van der Waals surface area contributed by atoms with Crippen molar-refractivity contribution in [2.75, 3.05) is 18.5 Å². The Labute approximate surface area is 160 Å². The van der Waals surface area contributed by atoms with Crippen LogP contribution in [0.5, 0.6) is 11.5 Å². The second-order valence-corrected chi connectivity index (χ2v) is 6.84. The van der Waals surface area contributed by atoms with E-state index >= 15 is 0 Å². The smallest absolute Gasteiger partial charge is 0.256 e. The number of fused-ring (bicyclic) bond motifs is 1. The van der Waals surface area contributed by atoms with Crippen LogP contribution in [0.25, 0.3) is 0 Å². The van der Waals surface area contributed by atoms with E-state index < -0.39 is 0 Å². The lowest BCUT2D eigenvalue weighted by molar-refractivity contribution is 0.102. The number of rotatable bonds is 5. The number of carbonyl (C=O) groups excluding carboxylic acids is 1. The Bertz CT molecular complexity index is 973. The number of hydrogen-bond acceptors (Lipinski definition) is 7. The molecule has 1 aliphatic heterocycles. The molecule has 27 heavy (non-hydrogen) atoms. The monoisotopic (exact) mass is 383 g/mol. The number of anilines is 1. The zero-order valence-corrected chi connectivity index (χ0v) is 15.4. The summed E-state index contributed by atoms with van der Waals surface area (Å²) in [5.74, 6) is 2.76. The summed E-state index contributed by atoms with van der Waals surface area (Å²) in [5.41, 5.74) is 1.23. The molecule has 1 N–H and O–H groups in total. The van der Waals surface area contributed by atoms with Gasteiger partial charge in [-0.05, 0) is 24.3 Å². The predicted molar refractivity (Wildman–Crippen MR) is 100 cm³/mol. The van der Waals surface area contributed by atoms with Gasteiger partial charge < -0.3 is 19.3 Å². The van der Waals surface area contributed by atoms with Crippen LogP contribution in [-0.2, 0) is 5.75 Å². The SMILES string of the molecule is Cc1nc(CSc2ccccc2C(=O)Nc2ccc3c(c2)OCCO3)no1.